The van der Waals surface area contributed by atoms with Gasteiger partial charge in [-0.2, -0.15) is 8.42 Å². The monoisotopic (exact) mass is 466 g/mol. The number of allylic oxidation sites excluding steroid dienone is 1. The third-order valence-corrected chi connectivity index (χ3v) is 6.09. The van der Waals surface area contributed by atoms with Crippen LogP contribution in [0.4, 0.5) is 0 Å². The van der Waals surface area contributed by atoms with Gasteiger partial charge in [-0.3, -0.25) is 4.79 Å². The predicted octanol–water partition coefficient (Wildman–Crippen LogP) is 3.87. The van der Waals surface area contributed by atoms with Gasteiger partial charge in [0.25, 0.3) is 0 Å². The third kappa shape index (κ3) is 4.58. The van der Waals surface area contributed by atoms with E-state index < -0.39 is 16.1 Å². The molecule has 0 fully saturated rings. The summed E-state index contributed by atoms with van der Waals surface area (Å²) in [5.41, 5.74) is 1.29. The lowest BCUT2D eigenvalue weighted by Gasteiger charge is -2.08. The number of hydrogen-bond donors (Lipinski definition) is 0. The highest BCUT2D eigenvalue weighted by Crippen LogP contribution is 2.35. The van der Waals surface area contributed by atoms with Crippen LogP contribution in [-0.2, 0) is 14.9 Å². The van der Waals surface area contributed by atoms with Crippen molar-refractivity contribution in [2.24, 2.45) is 0 Å². The van der Waals surface area contributed by atoms with Gasteiger partial charge in [0.05, 0.1) is 25.3 Å². The maximum Gasteiger partial charge on any atom is 0.339 e. The molecule has 0 amide bonds. The van der Waals surface area contributed by atoms with Gasteiger partial charge in [0.15, 0.2) is 5.76 Å². The Bertz CT molecular complexity index is 1350. The maximum atomic E-state index is 12.7. The van der Waals surface area contributed by atoms with E-state index in [-0.39, 0.29) is 33.5 Å². The van der Waals surface area contributed by atoms with E-state index in [1.165, 1.54) is 62.8 Å². The minimum absolute atomic E-state index is 0.000971. The number of rotatable bonds is 6. The van der Waals surface area contributed by atoms with Gasteiger partial charge in [-0.15, -0.1) is 0 Å². The summed E-state index contributed by atoms with van der Waals surface area (Å²) in [6, 6.07) is 16.4. The van der Waals surface area contributed by atoms with Gasteiger partial charge in [-0.25, -0.2) is 4.79 Å². The second kappa shape index (κ2) is 8.79. The molecule has 4 rings (SSSR count). The lowest BCUT2D eigenvalue weighted by Crippen LogP contribution is -2.09. The second-order valence-electron chi connectivity index (χ2n) is 6.92. The highest BCUT2D eigenvalue weighted by molar-refractivity contribution is 7.87. The van der Waals surface area contributed by atoms with Crippen molar-refractivity contribution in [3.05, 3.63) is 89.2 Å². The molecule has 0 saturated carbocycles. The van der Waals surface area contributed by atoms with Crippen molar-refractivity contribution in [3.8, 4) is 17.2 Å². The van der Waals surface area contributed by atoms with Crippen molar-refractivity contribution in [1.29, 1.82) is 0 Å². The molecule has 0 spiro atoms. The first kappa shape index (κ1) is 22.1. The highest BCUT2D eigenvalue weighted by Gasteiger charge is 2.28. The van der Waals surface area contributed by atoms with Crippen molar-refractivity contribution >= 4 is 27.9 Å². The van der Waals surface area contributed by atoms with E-state index in [0.29, 0.717) is 16.9 Å². The molecule has 1 heterocycles. The first-order valence-electron chi connectivity index (χ1n) is 9.66. The van der Waals surface area contributed by atoms with E-state index in [1.54, 1.807) is 24.3 Å². The SMILES string of the molecule is COC(=O)c1ccc(/C=C2\Oc3cc(OS(=O)(=O)c4ccc(OC)cc4)ccc3C2=O)cc1. The molecule has 0 radical (unpaired) electrons. The van der Waals surface area contributed by atoms with Gasteiger partial charge < -0.3 is 18.4 Å². The summed E-state index contributed by atoms with van der Waals surface area (Å²) in [7, 11) is -1.32. The quantitative estimate of drug-likeness (QED) is 0.306. The zero-order valence-corrected chi connectivity index (χ0v) is 18.4. The largest absolute Gasteiger partial charge is 0.497 e. The molecule has 1 aliphatic heterocycles. The molecule has 3 aromatic rings. The van der Waals surface area contributed by atoms with E-state index in [1.807, 2.05) is 0 Å². The molecule has 0 atom stereocenters. The Balaban J connectivity index is 1.54. The van der Waals surface area contributed by atoms with E-state index in [2.05, 4.69) is 4.74 Å². The van der Waals surface area contributed by atoms with Crippen LogP contribution < -0.4 is 13.7 Å². The van der Waals surface area contributed by atoms with Crippen molar-refractivity contribution in [2.45, 2.75) is 4.90 Å². The van der Waals surface area contributed by atoms with Gasteiger partial charge in [0.2, 0.25) is 5.78 Å². The van der Waals surface area contributed by atoms with Gasteiger partial charge in [-0.1, -0.05) is 12.1 Å². The molecule has 0 aromatic heterocycles. The fourth-order valence-electron chi connectivity index (χ4n) is 3.12. The summed E-state index contributed by atoms with van der Waals surface area (Å²) in [4.78, 5) is 24.2. The zero-order chi connectivity index (χ0) is 23.6. The van der Waals surface area contributed by atoms with Crippen LogP contribution in [0.5, 0.6) is 17.2 Å². The van der Waals surface area contributed by atoms with Gasteiger partial charge >= 0.3 is 16.1 Å². The van der Waals surface area contributed by atoms with Crippen LogP contribution in [0, 0.1) is 0 Å². The summed E-state index contributed by atoms with van der Waals surface area (Å²) in [5.74, 6) is -0.0666. The molecule has 8 nitrogen and oxygen atoms in total. The van der Waals surface area contributed by atoms with Crippen molar-refractivity contribution < 1.29 is 36.4 Å². The Morgan fingerprint density at radius 2 is 1.58 bits per heavy atom. The molecular weight excluding hydrogens is 448 g/mol. The maximum absolute atomic E-state index is 12.7. The topological polar surface area (TPSA) is 105 Å². The Morgan fingerprint density at radius 3 is 2.21 bits per heavy atom. The van der Waals surface area contributed by atoms with Crippen LogP contribution in [0.2, 0.25) is 0 Å². The highest BCUT2D eigenvalue weighted by atomic mass is 32.2. The molecule has 33 heavy (non-hydrogen) atoms. The van der Waals surface area contributed by atoms with Crippen LogP contribution in [0.25, 0.3) is 6.08 Å². The zero-order valence-electron chi connectivity index (χ0n) is 17.6. The predicted molar refractivity (Wildman–Crippen MR) is 118 cm³/mol. The molecule has 0 saturated heterocycles. The first-order valence-corrected chi connectivity index (χ1v) is 11.1. The second-order valence-corrected chi connectivity index (χ2v) is 8.47. The number of fused-ring (bicyclic) bond motifs is 1. The smallest absolute Gasteiger partial charge is 0.339 e. The summed E-state index contributed by atoms with van der Waals surface area (Å²) in [5, 5.41) is 0. The molecule has 0 bridgehead atoms. The summed E-state index contributed by atoms with van der Waals surface area (Å²) in [6.07, 6.45) is 1.53. The van der Waals surface area contributed by atoms with Crippen LogP contribution in [-0.4, -0.2) is 34.4 Å². The normalized spacial score (nSPS) is 13.9. The summed E-state index contributed by atoms with van der Waals surface area (Å²) >= 11 is 0. The molecule has 9 heteroatoms. The Kier molecular flexibility index (Phi) is 5.89. The molecule has 1 aliphatic rings. The van der Waals surface area contributed by atoms with Gasteiger partial charge in [0.1, 0.15) is 22.1 Å². The Morgan fingerprint density at radius 1 is 0.909 bits per heavy atom. The van der Waals surface area contributed by atoms with E-state index in [9.17, 15) is 18.0 Å². The van der Waals surface area contributed by atoms with Gasteiger partial charge in [0, 0.05) is 6.07 Å². The third-order valence-electron chi connectivity index (χ3n) is 4.82. The van der Waals surface area contributed by atoms with Crippen molar-refractivity contribution in [2.75, 3.05) is 14.2 Å². The number of esters is 1. The average Bonchev–Trinajstić information content (AvgIpc) is 3.13. The molecule has 0 aliphatic carbocycles. The number of benzene rings is 3. The number of carbonyl (C=O) groups is 2. The minimum atomic E-state index is -4.09. The number of carbonyl (C=O) groups excluding carboxylic acids is 2. The number of Topliss-reactive ketones (excluding diaryl/α,β-unsaturated/α-hetero) is 1. The lowest BCUT2D eigenvalue weighted by atomic mass is 10.1. The lowest BCUT2D eigenvalue weighted by molar-refractivity contribution is 0.0600. The average molecular weight is 466 g/mol. The number of methoxy groups -OCH3 is 2. The molecule has 0 N–H and O–H groups in total. The van der Waals surface area contributed by atoms with Crippen LogP contribution >= 0.6 is 0 Å². The van der Waals surface area contributed by atoms with E-state index in [4.69, 9.17) is 13.7 Å². The van der Waals surface area contributed by atoms with Crippen LogP contribution in [0.1, 0.15) is 26.3 Å². The molecule has 3 aromatic carbocycles. The minimum Gasteiger partial charge on any atom is -0.497 e. The molecule has 168 valence electrons. The van der Waals surface area contributed by atoms with Crippen molar-refractivity contribution in [1.82, 2.24) is 0 Å². The number of ether oxygens (including phenoxy) is 3. The van der Waals surface area contributed by atoms with Crippen molar-refractivity contribution in [3.63, 3.8) is 0 Å². The number of ketones is 1. The van der Waals surface area contributed by atoms with Crippen LogP contribution in [0.15, 0.2) is 77.4 Å². The fraction of sp³-hybridized carbons (Fsp3) is 0.0833. The fourth-order valence-corrected chi connectivity index (χ4v) is 4.04. The molecular formula is C24H18O8S. The summed E-state index contributed by atoms with van der Waals surface area (Å²) in [6.45, 7) is 0. The molecule has 0 unspecified atom stereocenters. The first-order chi connectivity index (χ1) is 15.8. The number of hydrogen-bond acceptors (Lipinski definition) is 8. The van der Waals surface area contributed by atoms with E-state index >= 15 is 0 Å². The van der Waals surface area contributed by atoms with Crippen LogP contribution in [0.3, 0.4) is 0 Å². The Labute approximate surface area is 190 Å². The summed E-state index contributed by atoms with van der Waals surface area (Å²) < 4.78 is 45.6. The standard InChI is InChI=1S/C24H18O8S/c1-29-17-7-10-19(11-8-17)33(27,28)32-18-9-12-20-21(14-18)31-22(23(20)25)13-15-3-5-16(6-4-15)24(26)30-2/h3-14H,1-2H3/b22-13-. The van der Waals surface area contributed by atoms with Gasteiger partial charge in [-0.05, 0) is 60.2 Å². The Hall–Kier alpha value is -4.11. The van der Waals surface area contributed by atoms with E-state index in [0.717, 1.165) is 0 Å².